The monoisotopic (exact) mass is 537 g/mol. The van der Waals surface area contributed by atoms with Gasteiger partial charge in [0, 0.05) is 17.1 Å². The Hall–Kier alpha value is -2.39. The highest BCUT2D eigenvalue weighted by molar-refractivity contribution is 9.10. The number of hydrogen-bond acceptors (Lipinski definition) is 4. The third-order valence-corrected chi connectivity index (χ3v) is 7.37. The van der Waals surface area contributed by atoms with Crippen LogP contribution in [0.25, 0.3) is 0 Å². The fraction of sp³-hybridized carbons (Fsp3) is 0.417. The minimum Gasteiger partial charge on any atom is -0.352 e. The number of nitrogens with zero attached hydrogens (tertiary/aromatic N) is 2. The number of sulfonamides is 1. The second-order valence-electron chi connectivity index (χ2n) is 8.16. The zero-order chi connectivity index (χ0) is 24.8. The van der Waals surface area contributed by atoms with Gasteiger partial charge in [-0.05, 0) is 66.4 Å². The predicted octanol–water partition coefficient (Wildman–Crippen LogP) is 3.86. The van der Waals surface area contributed by atoms with E-state index in [0.29, 0.717) is 10.2 Å². The van der Waals surface area contributed by atoms with Crippen LogP contribution in [0.15, 0.2) is 53.0 Å². The summed E-state index contributed by atoms with van der Waals surface area (Å²) >= 11 is 3.37. The molecule has 2 amide bonds. The van der Waals surface area contributed by atoms with Crippen LogP contribution in [0.4, 0.5) is 5.69 Å². The maximum Gasteiger partial charge on any atom is 0.244 e. The van der Waals surface area contributed by atoms with Gasteiger partial charge >= 0.3 is 0 Å². The summed E-state index contributed by atoms with van der Waals surface area (Å²) in [7, 11) is -3.76. The standard InChI is InChI=1S/C24H32BrN3O4S/c1-6-18(3)26-24(30)19(4)27(15-20-12-8-7-11-17(20)2)23(29)16-28(33(5,31)32)22-14-10-9-13-21(22)25/h7-14,18-19H,6,15-16H2,1-5H3,(H,26,30)/t18-,19-/m1/s1. The number of benzene rings is 2. The van der Waals surface area contributed by atoms with Crippen molar-refractivity contribution in [2.24, 2.45) is 0 Å². The number of hydrogen-bond donors (Lipinski definition) is 1. The highest BCUT2D eigenvalue weighted by atomic mass is 79.9. The molecule has 0 fully saturated rings. The molecule has 0 heterocycles. The summed E-state index contributed by atoms with van der Waals surface area (Å²) < 4.78 is 26.8. The molecular formula is C24H32BrN3O4S. The molecule has 0 spiro atoms. The van der Waals surface area contributed by atoms with Crippen molar-refractivity contribution >= 4 is 43.5 Å². The Balaban J connectivity index is 2.41. The van der Waals surface area contributed by atoms with E-state index in [1.54, 1.807) is 31.2 Å². The number of amides is 2. The molecule has 0 bridgehead atoms. The fourth-order valence-corrected chi connectivity index (χ4v) is 4.75. The number of anilines is 1. The van der Waals surface area contributed by atoms with Gasteiger partial charge in [0.05, 0.1) is 11.9 Å². The number of rotatable bonds is 10. The smallest absolute Gasteiger partial charge is 0.244 e. The number of carbonyl (C=O) groups is 2. The van der Waals surface area contributed by atoms with Crippen molar-refractivity contribution in [1.29, 1.82) is 0 Å². The third-order valence-electron chi connectivity index (χ3n) is 5.57. The number of nitrogens with one attached hydrogen (secondary N) is 1. The van der Waals surface area contributed by atoms with Gasteiger partial charge in [0.15, 0.2) is 0 Å². The van der Waals surface area contributed by atoms with Crippen LogP contribution in [0.3, 0.4) is 0 Å². The second-order valence-corrected chi connectivity index (χ2v) is 10.9. The molecule has 0 aromatic heterocycles. The van der Waals surface area contributed by atoms with Crippen molar-refractivity contribution in [1.82, 2.24) is 10.2 Å². The van der Waals surface area contributed by atoms with Crippen LogP contribution < -0.4 is 9.62 Å². The average Bonchev–Trinajstić information content (AvgIpc) is 2.76. The first-order valence-corrected chi connectivity index (χ1v) is 13.5. The zero-order valence-electron chi connectivity index (χ0n) is 19.7. The van der Waals surface area contributed by atoms with Crippen molar-refractivity contribution in [2.45, 2.75) is 52.7 Å². The van der Waals surface area contributed by atoms with E-state index in [-0.39, 0.29) is 18.5 Å². The number of carbonyl (C=O) groups excluding carboxylic acids is 2. The lowest BCUT2D eigenvalue weighted by Gasteiger charge is -2.32. The molecule has 7 nitrogen and oxygen atoms in total. The van der Waals surface area contributed by atoms with Crippen molar-refractivity contribution in [3.05, 3.63) is 64.1 Å². The van der Waals surface area contributed by atoms with Gasteiger partial charge in [-0.15, -0.1) is 0 Å². The van der Waals surface area contributed by atoms with Gasteiger partial charge in [-0.2, -0.15) is 0 Å². The molecule has 0 saturated heterocycles. The Labute approximate surface area is 205 Å². The van der Waals surface area contributed by atoms with Gasteiger partial charge in [-0.25, -0.2) is 8.42 Å². The van der Waals surface area contributed by atoms with Crippen LogP contribution in [-0.2, 0) is 26.2 Å². The Morgan fingerprint density at radius 2 is 1.67 bits per heavy atom. The lowest BCUT2D eigenvalue weighted by molar-refractivity contribution is -0.139. The molecule has 1 N–H and O–H groups in total. The topological polar surface area (TPSA) is 86.8 Å². The maximum absolute atomic E-state index is 13.5. The molecule has 180 valence electrons. The maximum atomic E-state index is 13.5. The SMILES string of the molecule is CC[C@@H](C)NC(=O)[C@@H](C)N(Cc1ccccc1C)C(=O)CN(c1ccccc1Br)S(C)(=O)=O. The molecule has 2 aromatic rings. The summed E-state index contributed by atoms with van der Waals surface area (Å²) in [5.74, 6) is -0.746. The van der Waals surface area contributed by atoms with Gasteiger partial charge in [-0.3, -0.25) is 13.9 Å². The second kappa shape index (κ2) is 11.7. The van der Waals surface area contributed by atoms with Crippen molar-refractivity contribution in [3.63, 3.8) is 0 Å². The molecule has 2 rings (SSSR count). The van der Waals surface area contributed by atoms with E-state index >= 15 is 0 Å². The Morgan fingerprint density at radius 1 is 1.06 bits per heavy atom. The van der Waals surface area contributed by atoms with E-state index in [0.717, 1.165) is 28.1 Å². The minimum atomic E-state index is -3.76. The summed E-state index contributed by atoms with van der Waals surface area (Å²) in [6, 6.07) is 13.6. The summed E-state index contributed by atoms with van der Waals surface area (Å²) in [5.41, 5.74) is 2.23. The molecule has 0 aliphatic rings. The van der Waals surface area contributed by atoms with Gasteiger partial charge < -0.3 is 10.2 Å². The van der Waals surface area contributed by atoms with E-state index in [1.165, 1.54) is 4.90 Å². The first-order chi connectivity index (χ1) is 15.5. The molecule has 2 atom stereocenters. The quantitative estimate of drug-likeness (QED) is 0.498. The number of aryl methyl sites for hydroxylation is 1. The Kier molecular flexibility index (Phi) is 9.48. The molecule has 0 radical (unpaired) electrons. The Morgan fingerprint density at radius 3 is 2.24 bits per heavy atom. The highest BCUT2D eigenvalue weighted by Crippen LogP contribution is 2.28. The normalized spacial score (nSPS) is 13.2. The average molecular weight is 539 g/mol. The van der Waals surface area contributed by atoms with Gasteiger partial charge in [0.2, 0.25) is 21.8 Å². The summed E-state index contributed by atoms with van der Waals surface area (Å²) in [4.78, 5) is 27.9. The predicted molar refractivity (Wildman–Crippen MR) is 135 cm³/mol. The largest absolute Gasteiger partial charge is 0.352 e. The van der Waals surface area contributed by atoms with E-state index < -0.39 is 28.5 Å². The minimum absolute atomic E-state index is 0.0387. The van der Waals surface area contributed by atoms with Crippen molar-refractivity contribution in [2.75, 3.05) is 17.1 Å². The van der Waals surface area contributed by atoms with E-state index in [9.17, 15) is 18.0 Å². The fourth-order valence-electron chi connectivity index (χ4n) is 3.27. The molecule has 9 heteroatoms. The first-order valence-electron chi connectivity index (χ1n) is 10.8. The molecule has 33 heavy (non-hydrogen) atoms. The summed E-state index contributed by atoms with van der Waals surface area (Å²) in [6.07, 6.45) is 1.82. The molecule has 0 aliphatic carbocycles. The number of halogens is 1. The van der Waals surface area contributed by atoms with E-state index in [4.69, 9.17) is 0 Å². The first kappa shape index (κ1) is 26.9. The van der Waals surface area contributed by atoms with E-state index in [2.05, 4.69) is 21.2 Å². The van der Waals surface area contributed by atoms with Crippen LogP contribution >= 0.6 is 15.9 Å². The Bertz CT molecular complexity index is 1090. The van der Waals surface area contributed by atoms with Crippen molar-refractivity contribution < 1.29 is 18.0 Å². The van der Waals surface area contributed by atoms with Crippen LogP contribution in [0.2, 0.25) is 0 Å². The van der Waals surface area contributed by atoms with Crippen LogP contribution in [0.5, 0.6) is 0 Å². The third kappa shape index (κ3) is 7.30. The van der Waals surface area contributed by atoms with Gasteiger partial charge in [-0.1, -0.05) is 43.3 Å². The van der Waals surface area contributed by atoms with Crippen LogP contribution in [0.1, 0.15) is 38.3 Å². The van der Waals surface area contributed by atoms with Crippen molar-refractivity contribution in [3.8, 4) is 0 Å². The van der Waals surface area contributed by atoms with Gasteiger partial charge in [0.25, 0.3) is 0 Å². The molecule has 0 aliphatic heterocycles. The number of para-hydroxylation sites is 1. The van der Waals surface area contributed by atoms with Crippen LogP contribution in [-0.4, -0.2) is 50.0 Å². The molecule has 2 aromatic carbocycles. The summed E-state index contributed by atoms with van der Waals surface area (Å²) in [6.45, 7) is 7.23. The zero-order valence-corrected chi connectivity index (χ0v) is 22.1. The van der Waals surface area contributed by atoms with Gasteiger partial charge in [0.1, 0.15) is 12.6 Å². The highest BCUT2D eigenvalue weighted by Gasteiger charge is 2.31. The molecular weight excluding hydrogens is 506 g/mol. The lowest BCUT2D eigenvalue weighted by Crippen LogP contribution is -2.52. The molecule has 0 saturated carbocycles. The molecule has 0 unspecified atom stereocenters. The summed E-state index contributed by atoms with van der Waals surface area (Å²) in [5, 5.41) is 2.92. The lowest BCUT2D eigenvalue weighted by atomic mass is 10.1. The van der Waals surface area contributed by atoms with Crippen LogP contribution in [0, 0.1) is 6.92 Å². The van der Waals surface area contributed by atoms with E-state index in [1.807, 2.05) is 45.0 Å².